The number of carbonyl (C=O) groups excluding carboxylic acids is 1. The number of hydrogen-bond acceptors (Lipinski definition) is 11. The quantitative estimate of drug-likeness (QED) is 0.273. The Morgan fingerprint density at radius 1 is 0.956 bits per heavy atom. The number of rotatable bonds is 9. The molecule has 4 heterocycles. The van der Waals surface area contributed by atoms with Crippen LogP contribution in [-0.2, 0) is 44.7 Å². The molecule has 0 bridgehead atoms. The maximum atomic E-state index is 13.0. The topological polar surface area (TPSA) is 162 Å². The number of nitrogens with one attached hydrogen (secondary N) is 2. The highest BCUT2D eigenvalue weighted by Crippen LogP contribution is 2.19. The van der Waals surface area contributed by atoms with Crippen LogP contribution in [0, 0.1) is 11.8 Å². The average Bonchev–Trinajstić information content (AvgIpc) is 3.36. The van der Waals surface area contributed by atoms with E-state index in [0.717, 1.165) is 36.1 Å². The van der Waals surface area contributed by atoms with Crippen molar-refractivity contribution in [3.8, 4) is 11.8 Å². The second kappa shape index (κ2) is 14.0. The first kappa shape index (κ1) is 32.4. The first-order valence-corrected chi connectivity index (χ1v) is 16.5. The molecule has 242 valence electrons. The zero-order chi connectivity index (χ0) is 32.1. The fraction of sp³-hybridized carbons (Fsp3) is 0.517. The molecule has 0 spiro atoms. The third kappa shape index (κ3) is 7.81. The fourth-order valence-electron chi connectivity index (χ4n) is 5.32. The Hall–Kier alpha value is -4.01. The molecule has 2 aliphatic heterocycles. The van der Waals surface area contributed by atoms with E-state index in [2.05, 4.69) is 32.4 Å². The molecule has 0 saturated carbocycles. The van der Waals surface area contributed by atoms with Crippen molar-refractivity contribution in [2.75, 3.05) is 89.1 Å². The third-order valence-electron chi connectivity index (χ3n) is 7.67. The summed E-state index contributed by atoms with van der Waals surface area (Å²) < 4.78 is 38.6. The molecule has 1 aromatic carbocycles. The minimum atomic E-state index is -3.77. The number of aryl methyl sites for hydroxylation is 1. The Balaban J connectivity index is 1.41. The molecule has 2 aromatic heterocycles. The van der Waals surface area contributed by atoms with Crippen LogP contribution in [0.3, 0.4) is 0 Å². The van der Waals surface area contributed by atoms with Crippen molar-refractivity contribution in [1.29, 1.82) is 0 Å². The van der Waals surface area contributed by atoms with E-state index in [-0.39, 0.29) is 35.3 Å². The summed E-state index contributed by atoms with van der Waals surface area (Å²) in [5.74, 6) is 5.86. The van der Waals surface area contributed by atoms with Gasteiger partial charge in [0.05, 0.1) is 39.5 Å². The molecule has 3 aromatic rings. The first-order valence-electron chi connectivity index (χ1n) is 14.7. The summed E-state index contributed by atoms with van der Waals surface area (Å²) in [5, 5.41) is 6.06. The summed E-state index contributed by atoms with van der Waals surface area (Å²) in [4.78, 5) is 47.2. The van der Waals surface area contributed by atoms with E-state index in [9.17, 15) is 22.8 Å². The molecule has 2 saturated heterocycles. The molecule has 2 N–H and O–H groups in total. The average molecular weight is 643 g/mol. The van der Waals surface area contributed by atoms with Crippen LogP contribution in [0.1, 0.15) is 5.56 Å². The number of aromatic nitrogens is 4. The van der Waals surface area contributed by atoms with Crippen molar-refractivity contribution in [2.45, 2.75) is 11.7 Å². The summed E-state index contributed by atoms with van der Waals surface area (Å²) in [5.41, 5.74) is 0.511. The van der Waals surface area contributed by atoms with Crippen LogP contribution in [0.15, 0.2) is 32.9 Å². The zero-order valence-electron chi connectivity index (χ0n) is 25.7. The van der Waals surface area contributed by atoms with Gasteiger partial charge in [-0.2, -0.15) is 4.98 Å². The fourth-order valence-corrected chi connectivity index (χ4v) is 6.16. The summed E-state index contributed by atoms with van der Waals surface area (Å²) in [7, 11) is -1.03. The normalized spacial score (nSPS) is 16.3. The second-order valence-electron chi connectivity index (χ2n) is 11.0. The lowest BCUT2D eigenvalue weighted by Gasteiger charge is -2.26. The van der Waals surface area contributed by atoms with Gasteiger partial charge in [0.25, 0.3) is 5.56 Å². The van der Waals surface area contributed by atoms with Gasteiger partial charge < -0.3 is 24.7 Å². The van der Waals surface area contributed by atoms with Crippen molar-refractivity contribution in [3.05, 3.63) is 44.6 Å². The standard InChI is InChI=1S/C29H38N8O7S/c1-33-25-26(32-28(33)45(3,41)42)37(29(40)34(2)27(25)39)7-4-5-21-17-22(30-6-8-35-9-13-43-14-10-35)19-23(18-21)31-24(38)20-36-11-15-44-16-12-36/h17-19,30H,6-16,20H2,1-3H3,(H,31,38). The highest BCUT2D eigenvalue weighted by Gasteiger charge is 2.23. The number of amides is 1. The van der Waals surface area contributed by atoms with Crippen molar-refractivity contribution >= 4 is 38.3 Å². The highest BCUT2D eigenvalue weighted by atomic mass is 32.2. The van der Waals surface area contributed by atoms with Gasteiger partial charge in [-0.05, 0) is 18.2 Å². The highest BCUT2D eigenvalue weighted by molar-refractivity contribution is 7.90. The number of nitrogens with zero attached hydrogens (tertiary/aromatic N) is 6. The number of benzene rings is 1. The molecule has 0 atom stereocenters. The van der Waals surface area contributed by atoms with Crippen molar-refractivity contribution < 1.29 is 22.7 Å². The molecule has 2 fully saturated rings. The summed E-state index contributed by atoms with van der Waals surface area (Å²) in [6.45, 7) is 7.30. The van der Waals surface area contributed by atoms with E-state index < -0.39 is 21.1 Å². The Morgan fingerprint density at radius 3 is 2.27 bits per heavy atom. The van der Waals surface area contributed by atoms with Crippen LogP contribution >= 0.6 is 0 Å². The second-order valence-corrected chi connectivity index (χ2v) is 13.0. The number of fused-ring (bicyclic) bond motifs is 1. The van der Waals surface area contributed by atoms with Gasteiger partial charge >= 0.3 is 5.69 Å². The van der Waals surface area contributed by atoms with Gasteiger partial charge in [-0.3, -0.25) is 28.5 Å². The van der Waals surface area contributed by atoms with Gasteiger partial charge in [0, 0.05) is 76.6 Å². The van der Waals surface area contributed by atoms with E-state index in [1.165, 1.54) is 23.2 Å². The number of ether oxygens (including phenoxy) is 2. The molecular formula is C29H38N8O7S. The van der Waals surface area contributed by atoms with Gasteiger partial charge in [0.2, 0.25) is 20.9 Å². The molecule has 5 rings (SSSR count). The summed E-state index contributed by atoms with van der Waals surface area (Å²) in [6, 6.07) is 5.45. The SMILES string of the molecule is Cn1c(=O)c2c(nc(S(C)(=O)=O)n2C)n(CC#Cc2cc(NCCN3CCOCC3)cc(NC(=O)CN3CCOCC3)c2)c1=O. The van der Waals surface area contributed by atoms with E-state index in [4.69, 9.17) is 9.47 Å². The lowest BCUT2D eigenvalue weighted by molar-refractivity contribution is -0.118. The summed E-state index contributed by atoms with van der Waals surface area (Å²) in [6.07, 6.45) is 0.986. The molecule has 16 heteroatoms. The maximum absolute atomic E-state index is 13.0. The Kier molecular flexibility index (Phi) is 10.0. The lowest BCUT2D eigenvalue weighted by atomic mass is 10.1. The number of morpholine rings is 2. The predicted octanol–water partition coefficient (Wildman–Crippen LogP) is -1.10. The minimum absolute atomic E-state index is 0.0175. The largest absolute Gasteiger partial charge is 0.384 e. The maximum Gasteiger partial charge on any atom is 0.333 e. The third-order valence-corrected chi connectivity index (χ3v) is 8.69. The van der Waals surface area contributed by atoms with Crippen LogP contribution in [0.2, 0.25) is 0 Å². The Bertz CT molecular complexity index is 1860. The molecule has 0 unspecified atom stereocenters. The van der Waals surface area contributed by atoms with Crippen molar-refractivity contribution in [2.24, 2.45) is 14.1 Å². The number of sulfone groups is 1. The van der Waals surface area contributed by atoms with E-state index in [0.29, 0.717) is 57.3 Å². The van der Waals surface area contributed by atoms with E-state index >= 15 is 0 Å². The van der Waals surface area contributed by atoms with Gasteiger partial charge in [-0.15, -0.1) is 0 Å². The molecule has 0 aliphatic carbocycles. The predicted molar refractivity (Wildman–Crippen MR) is 168 cm³/mol. The molecule has 1 amide bonds. The minimum Gasteiger partial charge on any atom is -0.384 e. The van der Waals surface area contributed by atoms with Crippen molar-refractivity contribution in [3.63, 3.8) is 0 Å². The number of imidazole rings is 1. The van der Waals surface area contributed by atoms with Crippen LogP contribution in [0.4, 0.5) is 11.4 Å². The van der Waals surface area contributed by atoms with Crippen LogP contribution < -0.4 is 21.9 Å². The molecular weight excluding hydrogens is 604 g/mol. The molecule has 15 nitrogen and oxygen atoms in total. The number of carbonyl (C=O) groups is 1. The molecule has 2 aliphatic rings. The van der Waals surface area contributed by atoms with Crippen LogP contribution in [0.5, 0.6) is 0 Å². The lowest BCUT2D eigenvalue weighted by Crippen LogP contribution is -2.41. The van der Waals surface area contributed by atoms with Gasteiger partial charge in [-0.1, -0.05) is 11.8 Å². The van der Waals surface area contributed by atoms with E-state index in [1.807, 2.05) is 17.0 Å². The summed E-state index contributed by atoms with van der Waals surface area (Å²) >= 11 is 0. The Morgan fingerprint density at radius 2 is 1.60 bits per heavy atom. The number of hydrogen-bond donors (Lipinski definition) is 2. The Labute approximate surface area is 260 Å². The monoisotopic (exact) mass is 642 g/mol. The van der Waals surface area contributed by atoms with Crippen LogP contribution in [0.25, 0.3) is 11.2 Å². The van der Waals surface area contributed by atoms with Crippen molar-refractivity contribution in [1.82, 2.24) is 28.5 Å². The number of anilines is 2. The molecule has 45 heavy (non-hydrogen) atoms. The smallest absolute Gasteiger partial charge is 0.333 e. The van der Waals surface area contributed by atoms with Gasteiger partial charge in [0.15, 0.2) is 11.2 Å². The molecule has 0 radical (unpaired) electrons. The van der Waals surface area contributed by atoms with Gasteiger partial charge in [-0.25, -0.2) is 13.2 Å². The first-order chi connectivity index (χ1) is 21.5. The zero-order valence-corrected chi connectivity index (χ0v) is 26.5. The van der Waals surface area contributed by atoms with E-state index in [1.54, 1.807) is 6.07 Å². The van der Waals surface area contributed by atoms with Crippen LogP contribution in [-0.4, -0.2) is 121 Å². The van der Waals surface area contributed by atoms with Gasteiger partial charge in [0.1, 0.15) is 0 Å².